The summed E-state index contributed by atoms with van der Waals surface area (Å²) in [7, 11) is 0. The Hall–Kier alpha value is -1.92. The summed E-state index contributed by atoms with van der Waals surface area (Å²) >= 11 is 0. The van der Waals surface area contributed by atoms with Gasteiger partial charge in [-0.1, -0.05) is 18.2 Å². The summed E-state index contributed by atoms with van der Waals surface area (Å²) in [6, 6.07) is 7.90. The van der Waals surface area contributed by atoms with Gasteiger partial charge in [0.2, 0.25) is 11.8 Å². The van der Waals surface area contributed by atoms with Crippen molar-refractivity contribution < 1.29 is 14.3 Å². The number of anilines is 1. The highest BCUT2D eigenvalue weighted by atomic mass is 16.5. The Morgan fingerprint density at radius 2 is 1.88 bits per heavy atom. The zero-order valence-corrected chi connectivity index (χ0v) is 15.3. The second kappa shape index (κ2) is 7.37. The first-order valence-electron chi connectivity index (χ1n) is 9.68. The van der Waals surface area contributed by atoms with Crippen LogP contribution in [0, 0.1) is 5.92 Å². The lowest BCUT2D eigenvalue weighted by Gasteiger charge is -2.37. The van der Waals surface area contributed by atoms with Crippen molar-refractivity contribution in [2.24, 2.45) is 5.92 Å². The molecule has 1 N–H and O–H groups in total. The number of rotatable bonds is 2. The summed E-state index contributed by atoms with van der Waals surface area (Å²) in [5.41, 5.74) is 2.32. The van der Waals surface area contributed by atoms with Crippen LogP contribution in [0.2, 0.25) is 0 Å². The van der Waals surface area contributed by atoms with Crippen molar-refractivity contribution in [1.82, 2.24) is 10.2 Å². The molecule has 3 heterocycles. The van der Waals surface area contributed by atoms with Crippen LogP contribution in [0.1, 0.15) is 25.3 Å². The number of ether oxygens (including phenoxy) is 1. The standard InChI is InChI=1S/C20H27N3O3/c1-14-18(21-9-13-26-14)20(25)22-10-6-16(7-11-22)19(24)23-12-8-15-4-2-3-5-17(15)23/h2-5,14,16,18,21H,6-13H2,1H3/t14-,18+/m1/s1. The van der Waals surface area contributed by atoms with E-state index in [2.05, 4.69) is 11.4 Å². The number of morpholine rings is 1. The van der Waals surface area contributed by atoms with Crippen LogP contribution in [0.3, 0.4) is 0 Å². The van der Waals surface area contributed by atoms with Crippen molar-refractivity contribution in [2.45, 2.75) is 38.3 Å². The zero-order valence-electron chi connectivity index (χ0n) is 15.3. The van der Waals surface area contributed by atoms with Gasteiger partial charge >= 0.3 is 0 Å². The monoisotopic (exact) mass is 357 g/mol. The molecule has 6 nitrogen and oxygen atoms in total. The Kier molecular flexibility index (Phi) is 4.96. The molecule has 4 rings (SSSR count). The first kappa shape index (κ1) is 17.5. The molecular formula is C20H27N3O3. The molecule has 1 aromatic carbocycles. The third-order valence-electron chi connectivity index (χ3n) is 5.89. The van der Waals surface area contributed by atoms with Crippen molar-refractivity contribution in [3.63, 3.8) is 0 Å². The number of amides is 2. The van der Waals surface area contributed by atoms with Crippen LogP contribution >= 0.6 is 0 Å². The van der Waals surface area contributed by atoms with Gasteiger partial charge in [0.15, 0.2) is 0 Å². The average molecular weight is 357 g/mol. The van der Waals surface area contributed by atoms with E-state index in [1.807, 2.05) is 34.9 Å². The number of nitrogens with one attached hydrogen (secondary N) is 1. The number of nitrogens with zero attached hydrogens (tertiary/aromatic N) is 2. The van der Waals surface area contributed by atoms with E-state index in [0.717, 1.165) is 31.5 Å². The van der Waals surface area contributed by atoms with Crippen molar-refractivity contribution in [1.29, 1.82) is 0 Å². The van der Waals surface area contributed by atoms with Gasteiger partial charge in [-0.2, -0.15) is 0 Å². The van der Waals surface area contributed by atoms with Gasteiger partial charge in [-0.15, -0.1) is 0 Å². The van der Waals surface area contributed by atoms with Crippen LogP contribution in [0.15, 0.2) is 24.3 Å². The Balaban J connectivity index is 1.35. The number of carbonyl (C=O) groups is 2. The topological polar surface area (TPSA) is 61.9 Å². The number of para-hydroxylation sites is 1. The van der Waals surface area contributed by atoms with Crippen LogP contribution in [-0.2, 0) is 20.7 Å². The number of hydrogen-bond acceptors (Lipinski definition) is 4. The van der Waals surface area contributed by atoms with Gasteiger partial charge in [-0.25, -0.2) is 0 Å². The lowest BCUT2D eigenvalue weighted by Crippen LogP contribution is -2.57. The molecule has 0 aromatic heterocycles. The maximum Gasteiger partial charge on any atom is 0.242 e. The minimum Gasteiger partial charge on any atom is -0.375 e. The highest BCUT2D eigenvalue weighted by molar-refractivity contribution is 5.97. The van der Waals surface area contributed by atoms with Gasteiger partial charge in [0.25, 0.3) is 0 Å². The summed E-state index contributed by atoms with van der Waals surface area (Å²) in [5, 5.41) is 3.26. The highest BCUT2D eigenvalue weighted by Crippen LogP contribution is 2.31. The number of piperidine rings is 1. The van der Waals surface area contributed by atoms with E-state index in [-0.39, 0.29) is 29.9 Å². The number of likely N-dealkylation sites (tertiary alicyclic amines) is 1. The first-order chi connectivity index (χ1) is 12.6. The van der Waals surface area contributed by atoms with Gasteiger partial charge in [0, 0.05) is 37.8 Å². The maximum absolute atomic E-state index is 13.0. The SMILES string of the molecule is C[C@H]1OCCN[C@@H]1C(=O)N1CCC(C(=O)N2CCc3ccccc32)CC1. The van der Waals surface area contributed by atoms with E-state index in [0.29, 0.717) is 26.2 Å². The minimum absolute atomic E-state index is 0.0122. The molecule has 2 fully saturated rings. The molecule has 3 aliphatic rings. The largest absolute Gasteiger partial charge is 0.375 e. The van der Waals surface area contributed by atoms with E-state index < -0.39 is 0 Å². The van der Waals surface area contributed by atoms with Gasteiger partial charge in [0.05, 0.1) is 12.7 Å². The first-order valence-corrected chi connectivity index (χ1v) is 9.68. The van der Waals surface area contributed by atoms with Gasteiger partial charge < -0.3 is 19.9 Å². The van der Waals surface area contributed by atoms with E-state index in [1.165, 1.54) is 5.56 Å². The summed E-state index contributed by atoms with van der Waals surface area (Å²) in [6.45, 7) is 5.38. The highest BCUT2D eigenvalue weighted by Gasteiger charge is 2.36. The predicted molar refractivity (Wildman–Crippen MR) is 99.0 cm³/mol. The molecule has 2 atom stereocenters. The fourth-order valence-corrected chi connectivity index (χ4v) is 4.34. The molecule has 0 radical (unpaired) electrons. The molecule has 0 saturated carbocycles. The van der Waals surface area contributed by atoms with Crippen molar-refractivity contribution in [3.05, 3.63) is 29.8 Å². The second-order valence-electron chi connectivity index (χ2n) is 7.48. The third kappa shape index (κ3) is 3.23. The minimum atomic E-state index is -0.263. The summed E-state index contributed by atoms with van der Waals surface area (Å²) in [4.78, 5) is 29.6. The van der Waals surface area contributed by atoms with E-state index >= 15 is 0 Å². The molecule has 6 heteroatoms. The van der Waals surface area contributed by atoms with Crippen LogP contribution < -0.4 is 10.2 Å². The number of hydrogen-bond donors (Lipinski definition) is 1. The Morgan fingerprint density at radius 3 is 2.65 bits per heavy atom. The number of benzene rings is 1. The smallest absolute Gasteiger partial charge is 0.242 e. The quantitative estimate of drug-likeness (QED) is 0.864. The summed E-state index contributed by atoms with van der Waals surface area (Å²) < 4.78 is 5.59. The lowest BCUT2D eigenvalue weighted by atomic mass is 9.94. The van der Waals surface area contributed by atoms with Crippen LogP contribution in [0.4, 0.5) is 5.69 Å². The normalized spacial score (nSPS) is 26.7. The molecular weight excluding hydrogens is 330 g/mol. The van der Waals surface area contributed by atoms with Crippen molar-refractivity contribution >= 4 is 17.5 Å². The Labute approximate surface area is 154 Å². The molecule has 26 heavy (non-hydrogen) atoms. The van der Waals surface area contributed by atoms with Crippen LogP contribution in [0.25, 0.3) is 0 Å². The molecule has 140 valence electrons. The molecule has 0 aliphatic carbocycles. The fourth-order valence-electron chi connectivity index (χ4n) is 4.34. The average Bonchev–Trinajstić information content (AvgIpc) is 3.11. The molecule has 2 amide bonds. The van der Waals surface area contributed by atoms with E-state index in [9.17, 15) is 9.59 Å². The van der Waals surface area contributed by atoms with Gasteiger partial charge in [-0.3, -0.25) is 9.59 Å². The predicted octanol–water partition coefficient (Wildman–Crippen LogP) is 1.19. The van der Waals surface area contributed by atoms with Gasteiger partial charge in [-0.05, 0) is 37.8 Å². The Bertz CT molecular complexity index is 685. The molecule has 3 aliphatic heterocycles. The Morgan fingerprint density at radius 1 is 1.12 bits per heavy atom. The zero-order chi connectivity index (χ0) is 18.1. The van der Waals surface area contributed by atoms with Crippen LogP contribution in [0.5, 0.6) is 0 Å². The van der Waals surface area contributed by atoms with Crippen molar-refractivity contribution in [3.8, 4) is 0 Å². The van der Waals surface area contributed by atoms with Crippen molar-refractivity contribution in [2.75, 3.05) is 37.7 Å². The molecule has 2 saturated heterocycles. The third-order valence-corrected chi connectivity index (χ3v) is 5.89. The van der Waals surface area contributed by atoms with E-state index in [1.54, 1.807) is 0 Å². The molecule has 0 spiro atoms. The van der Waals surface area contributed by atoms with Crippen LogP contribution in [-0.4, -0.2) is 61.6 Å². The fraction of sp³-hybridized carbons (Fsp3) is 0.600. The molecule has 0 bridgehead atoms. The maximum atomic E-state index is 13.0. The molecule has 1 aromatic rings. The summed E-state index contributed by atoms with van der Waals surface area (Å²) in [6.07, 6.45) is 2.32. The number of carbonyl (C=O) groups excluding carboxylic acids is 2. The van der Waals surface area contributed by atoms with E-state index in [4.69, 9.17) is 4.74 Å². The second-order valence-corrected chi connectivity index (χ2v) is 7.48. The molecule has 0 unspecified atom stereocenters. The summed E-state index contributed by atoms with van der Waals surface area (Å²) in [5.74, 6) is 0.336. The van der Waals surface area contributed by atoms with Gasteiger partial charge in [0.1, 0.15) is 6.04 Å². The number of fused-ring (bicyclic) bond motifs is 1. The lowest BCUT2D eigenvalue weighted by molar-refractivity contribution is -0.142.